The summed E-state index contributed by atoms with van der Waals surface area (Å²) in [6.45, 7) is 1.81. The van der Waals surface area contributed by atoms with Crippen LogP contribution in [0.25, 0.3) is 10.9 Å². The van der Waals surface area contributed by atoms with Gasteiger partial charge >= 0.3 is 0 Å². The van der Waals surface area contributed by atoms with Crippen LogP contribution in [0.2, 0.25) is 0 Å². The summed E-state index contributed by atoms with van der Waals surface area (Å²) in [6, 6.07) is 15.2. The number of amides is 1. The normalized spacial score (nSPS) is 10.9. The lowest BCUT2D eigenvalue weighted by molar-refractivity contribution is -0.385. The number of hydrogen-bond acceptors (Lipinski definition) is 5. The Labute approximate surface area is 143 Å². The van der Waals surface area contributed by atoms with Crippen molar-refractivity contribution in [3.05, 3.63) is 81.5 Å². The van der Waals surface area contributed by atoms with Crippen molar-refractivity contribution in [2.24, 2.45) is 5.10 Å². The zero-order valence-corrected chi connectivity index (χ0v) is 13.3. The summed E-state index contributed by atoms with van der Waals surface area (Å²) >= 11 is 0. The van der Waals surface area contributed by atoms with Crippen molar-refractivity contribution in [1.82, 2.24) is 10.4 Å². The lowest BCUT2D eigenvalue weighted by atomic mass is 10.1. The van der Waals surface area contributed by atoms with E-state index in [9.17, 15) is 14.9 Å². The number of rotatable bonds is 4. The van der Waals surface area contributed by atoms with Gasteiger partial charge in [-0.2, -0.15) is 5.10 Å². The number of nitro benzene ring substituents is 1. The molecule has 0 saturated heterocycles. The first kappa shape index (κ1) is 16.3. The second-order valence-corrected chi connectivity index (χ2v) is 5.34. The molecule has 7 nitrogen and oxygen atoms in total. The molecule has 0 spiro atoms. The number of nitrogens with zero attached hydrogens (tertiary/aromatic N) is 3. The highest BCUT2D eigenvalue weighted by molar-refractivity contribution is 6.06. The molecule has 3 rings (SSSR count). The van der Waals surface area contributed by atoms with E-state index < -0.39 is 10.8 Å². The number of hydrogen-bond donors (Lipinski definition) is 1. The molecule has 0 aliphatic rings. The van der Waals surface area contributed by atoms with E-state index in [2.05, 4.69) is 15.5 Å². The van der Waals surface area contributed by atoms with Crippen LogP contribution in [0.5, 0.6) is 0 Å². The van der Waals surface area contributed by atoms with Gasteiger partial charge < -0.3 is 0 Å². The van der Waals surface area contributed by atoms with Gasteiger partial charge in [-0.15, -0.1) is 0 Å². The van der Waals surface area contributed by atoms with E-state index in [-0.39, 0.29) is 5.69 Å². The molecule has 0 aliphatic carbocycles. The Bertz CT molecular complexity index is 999. The highest BCUT2D eigenvalue weighted by atomic mass is 16.6. The van der Waals surface area contributed by atoms with Gasteiger partial charge in [-0.25, -0.2) is 5.43 Å². The minimum atomic E-state index is -0.497. The number of pyridine rings is 1. The summed E-state index contributed by atoms with van der Waals surface area (Å²) in [5.41, 5.74) is 4.52. The standard InChI is InChI=1S/C18H14N4O3/c1-12-10-15(14-7-3-4-8-16(14)20-12)18(23)21-19-11-13-6-2-5-9-17(13)22(24)25/h2-11H,1H3,(H,21,23). The Morgan fingerprint density at radius 2 is 1.92 bits per heavy atom. The molecule has 0 fully saturated rings. The largest absolute Gasteiger partial charge is 0.278 e. The minimum Gasteiger partial charge on any atom is -0.267 e. The van der Waals surface area contributed by atoms with Gasteiger partial charge in [-0.3, -0.25) is 19.9 Å². The molecule has 124 valence electrons. The smallest absolute Gasteiger partial charge is 0.267 e. The summed E-state index contributed by atoms with van der Waals surface area (Å²) in [7, 11) is 0. The van der Waals surface area contributed by atoms with Gasteiger partial charge in [-0.05, 0) is 25.1 Å². The van der Waals surface area contributed by atoms with E-state index >= 15 is 0 Å². The molecule has 7 heteroatoms. The highest BCUT2D eigenvalue weighted by Gasteiger charge is 2.12. The van der Waals surface area contributed by atoms with Crippen LogP contribution in [0, 0.1) is 17.0 Å². The molecule has 0 radical (unpaired) electrons. The van der Waals surface area contributed by atoms with Crippen LogP contribution in [0.3, 0.4) is 0 Å². The molecule has 1 aromatic heterocycles. The van der Waals surface area contributed by atoms with Crippen LogP contribution >= 0.6 is 0 Å². The predicted molar refractivity (Wildman–Crippen MR) is 94.6 cm³/mol. The third-order valence-corrected chi connectivity index (χ3v) is 3.59. The molecule has 0 atom stereocenters. The van der Waals surface area contributed by atoms with Crippen LogP contribution < -0.4 is 5.43 Å². The zero-order valence-electron chi connectivity index (χ0n) is 13.3. The Morgan fingerprint density at radius 3 is 2.72 bits per heavy atom. The van der Waals surface area contributed by atoms with E-state index in [4.69, 9.17) is 0 Å². The van der Waals surface area contributed by atoms with E-state index in [1.807, 2.05) is 24.3 Å². The Kier molecular flexibility index (Phi) is 4.47. The number of aromatic nitrogens is 1. The number of nitro groups is 1. The van der Waals surface area contributed by atoms with Crippen molar-refractivity contribution in [2.45, 2.75) is 6.92 Å². The Balaban J connectivity index is 1.86. The Hall–Kier alpha value is -3.61. The highest BCUT2D eigenvalue weighted by Crippen LogP contribution is 2.18. The summed E-state index contributed by atoms with van der Waals surface area (Å²) in [5.74, 6) is -0.406. The molecule has 0 aliphatic heterocycles. The molecular formula is C18H14N4O3. The molecule has 1 amide bonds. The zero-order chi connectivity index (χ0) is 17.8. The molecule has 0 unspecified atom stereocenters. The van der Waals surface area contributed by atoms with Crippen molar-refractivity contribution in [3.8, 4) is 0 Å². The Morgan fingerprint density at radius 1 is 1.20 bits per heavy atom. The number of carbonyl (C=O) groups is 1. The number of nitrogens with one attached hydrogen (secondary N) is 1. The fourth-order valence-corrected chi connectivity index (χ4v) is 2.48. The van der Waals surface area contributed by atoms with Crippen molar-refractivity contribution in [3.63, 3.8) is 0 Å². The third kappa shape index (κ3) is 3.50. The van der Waals surface area contributed by atoms with E-state index in [1.165, 1.54) is 12.3 Å². The van der Waals surface area contributed by atoms with Gasteiger partial charge in [0.2, 0.25) is 0 Å². The average Bonchev–Trinajstić information content (AvgIpc) is 2.61. The number of carbonyl (C=O) groups excluding carboxylic acids is 1. The van der Waals surface area contributed by atoms with Crippen molar-refractivity contribution in [1.29, 1.82) is 0 Å². The molecule has 1 heterocycles. The minimum absolute atomic E-state index is 0.0781. The van der Waals surface area contributed by atoms with Crippen molar-refractivity contribution < 1.29 is 9.72 Å². The summed E-state index contributed by atoms with van der Waals surface area (Å²) in [4.78, 5) is 27.3. The summed E-state index contributed by atoms with van der Waals surface area (Å²) in [6.07, 6.45) is 1.26. The fraction of sp³-hybridized carbons (Fsp3) is 0.0556. The van der Waals surface area contributed by atoms with E-state index in [0.29, 0.717) is 22.2 Å². The van der Waals surface area contributed by atoms with Gasteiger partial charge in [0.05, 0.1) is 27.8 Å². The average molecular weight is 334 g/mol. The second kappa shape index (κ2) is 6.88. The molecule has 2 aromatic carbocycles. The van der Waals surface area contributed by atoms with Gasteiger partial charge in [-0.1, -0.05) is 30.3 Å². The maximum Gasteiger partial charge on any atom is 0.278 e. The van der Waals surface area contributed by atoms with E-state index in [0.717, 1.165) is 5.52 Å². The van der Waals surface area contributed by atoms with Gasteiger partial charge in [0.25, 0.3) is 11.6 Å². The number of fused-ring (bicyclic) bond motifs is 1. The predicted octanol–water partition coefficient (Wildman–Crippen LogP) is 3.22. The van der Waals surface area contributed by atoms with Crippen molar-refractivity contribution in [2.75, 3.05) is 0 Å². The molecule has 0 bridgehead atoms. The quantitative estimate of drug-likeness (QED) is 0.450. The fourth-order valence-electron chi connectivity index (χ4n) is 2.48. The molecule has 25 heavy (non-hydrogen) atoms. The van der Waals surface area contributed by atoms with Crippen LogP contribution in [0.1, 0.15) is 21.6 Å². The number of para-hydroxylation sites is 2. The summed E-state index contributed by atoms with van der Waals surface area (Å²) < 4.78 is 0. The number of aryl methyl sites for hydroxylation is 1. The van der Waals surface area contributed by atoms with Crippen LogP contribution in [0.4, 0.5) is 5.69 Å². The molecular weight excluding hydrogens is 320 g/mol. The maximum absolute atomic E-state index is 12.4. The monoisotopic (exact) mass is 334 g/mol. The summed E-state index contributed by atoms with van der Waals surface area (Å²) in [5, 5.41) is 15.5. The van der Waals surface area contributed by atoms with Crippen LogP contribution in [0.15, 0.2) is 59.7 Å². The topological polar surface area (TPSA) is 97.5 Å². The molecule has 1 N–H and O–H groups in total. The van der Waals surface area contributed by atoms with Gasteiger partial charge in [0.1, 0.15) is 0 Å². The molecule has 3 aromatic rings. The van der Waals surface area contributed by atoms with Crippen molar-refractivity contribution >= 4 is 28.7 Å². The van der Waals surface area contributed by atoms with Gasteiger partial charge in [0, 0.05) is 17.1 Å². The third-order valence-electron chi connectivity index (χ3n) is 3.59. The SMILES string of the molecule is Cc1cc(C(=O)NN=Cc2ccccc2[N+](=O)[O-])c2ccccc2n1. The lowest BCUT2D eigenvalue weighted by Gasteiger charge is -2.06. The first-order valence-electron chi connectivity index (χ1n) is 7.49. The second-order valence-electron chi connectivity index (χ2n) is 5.34. The first-order chi connectivity index (χ1) is 12.1. The van der Waals surface area contributed by atoms with Gasteiger partial charge in [0.15, 0.2) is 0 Å². The van der Waals surface area contributed by atoms with Crippen LogP contribution in [-0.2, 0) is 0 Å². The van der Waals surface area contributed by atoms with Crippen LogP contribution in [-0.4, -0.2) is 22.0 Å². The number of hydrazone groups is 1. The van der Waals surface area contributed by atoms with E-state index in [1.54, 1.807) is 31.2 Å². The number of benzene rings is 2. The molecule has 0 saturated carbocycles. The maximum atomic E-state index is 12.4. The lowest BCUT2D eigenvalue weighted by Crippen LogP contribution is -2.18. The first-order valence-corrected chi connectivity index (χ1v) is 7.49.